The van der Waals surface area contributed by atoms with Gasteiger partial charge in [0.15, 0.2) is 11.4 Å². The maximum absolute atomic E-state index is 14.0. The molecule has 2 aromatic rings. The zero-order chi connectivity index (χ0) is 30.7. The first kappa shape index (κ1) is 29.0. The Bertz CT molecular complexity index is 1610. The normalized spacial score (nSPS) is 25.2. The van der Waals surface area contributed by atoms with Crippen LogP contribution in [0.4, 0.5) is 0 Å². The van der Waals surface area contributed by atoms with E-state index in [2.05, 4.69) is 5.32 Å². The van der Waals surface area contributed by atoms with E-state index < -0.39 is 64.0 Å². The van der Waals surface area contributed by atoms with Crippen molar-refractivity contribution in [3.63, 3.8) is 0 Å². The molecule has 4 atom stereocenters. The van der Waals surface area contributed by atoms with Gasteiger partial charge in [-0.15, -0.1) is 0 Å². The second-order valence-corrected chi connectivity index (χ2v) is 11.0. The highest BCUT2D eigenvalue weighted by atomic mass is 16.3. The number of phenolic OH excluding ortho intramolecular Hbond substituents is 1. The number of hydrogen-bond donors (Lipinski definition) is 7. The van der Waals surface area contributed by atoms with Crippen LogP contribution in [-0.2, 0) is 20.8 Å². The summed E-state index contributed by atoms with van der Waals surface area (Å²) in [6.45, 7) is -0.150. The zero-order valence-electron chi connectivity index (χ0n) is 22.9. The van der Waals surface area contributed by atoms with Crippen LogP contribution in [0.2, 0.25) is 0 Å². The summed E-state index contributed by atoms with van der Waals surface area (Å²) in [5.41, 5.74) is 3.44. The van der Waals surface area contributed by atoms with Gasteiger partial charge in [0.25, 0.3) is 11.8 Å². The first-order chi connectivity index (χ1) is 19.8. The summed E-state index contributed by atoms with van der Waals surface area (Å²) in [5, 5.41) is 56.5. The van der Waals surface area contributed by atoms with Gasteiger partial charge in [-0.3, -0.25) is 24.1 Å². The van der Waals surface area contributed by atoms with Gasteiger partial charge in [-0.25, -0.2) is 0 Å². The second-order valence-electron chi connectivity index (χ2n) is 11.0. The Kier molecular flexibility index (Phi) is 7.17. The molecular formula is C30H31N3O9. The van der Waals surface area contributed by atoms with E-state index in [1.807, 2.05) is 0 Å². The smallest absolute Gasteiger partial charge is 0.255 e. The van der Waals surface area contributed by atoms with E-state index in [9.17, 15) is 39.6 Å². The molecule has 42 heavy (non-hydrogen) atoms. The maximum Gasteiger partial charge on any atom is 0.255 e. The van der Waals surface area contributed by atoms with Gasteiger partial charge in [0, 0.05) is 23.6 Å². The summed E-state index contributed by atoms with van der Waals surface area (Å²) >= 11 is 0. The minimum absolute atomic E-state index is 0.0372. The number of rotatable bonds is 6. The number of aliphatic hydroxyl groups excluding tert-OH is 3. The number of fused-ring (bicyclic) bond motifs is 3. The Hall–Kier alpha value is -4.52. The number of nitrogens with zero attached hydrogens (tertiary/aromatic N) is 1. The molecule has 0 aliphatic heterocycles. The van der Waals surface area contributed by atoms with Crippen LogP contribution in [0.25, 0.3) is 16.9 Å². The topological polar surface area (TPSA) is 211 Å². The summed E-state index contributed by atoms with van der Waals surface area (Å²) in [6, 6.07) is 8.40. The minimum atomic E-state index is -2.71. The highest BCUT2D eigenvalue weighted by Crippen LogP contribution is 2.53. The van der Waals surface area contributed by atoms with Crippen LogP contribution in [0.5, 0.6) is 5.75 Å². The number of carbonyl (C=O) groups is 4. The second kappa shape index (κ2) is 10.4. The van der Waals surface area contributed by atoms with Gasteiger partial charge in [-0.2, -0.15) is 0 Å². The summed E-state index contributed by atoms with van der Waals surface area (Å²) in [4.78, 5) is 53.3. The van der Waals surface area contributed by atoms with Gasteiger partial charge in [0.2, 0.25) is 5.78 Å². The molecule has 0 bridgehead atoms. The van der Waals surface area contributed by atoms with Crippen molar-refractivity contribution in [2.45, 2.75) is 24.5 Å². The number of nitrogens with one attached hydrogen (secondary N) is 1. The van der Waals surface area contributed by atoms with Gasteiger partial charge in [0.1, 0.15) is 22.8 Å². The van der Waals surface area contributed by atoms with E-state index in [-0.39, 0.29) is 42.9 Å². The molecule has 220 valence electrons. The number of benzene rings is 2. The molecule has 3 aliphatic rings. The lowest BCUT2D eigenvalue weighted by atomic mass is 9.57. The number of hydrogen-bond acceptors (Lipinski definition) is 10. The number of aromatic hydroxyl groups is 1. The molecule has 1 saturated carbocycles. The molecule has 5 rings (SSSR count). The van der Waals surface area contributed by atoms with Gasteiger partial charge in [-0.1, -0.05) is 18.2 Å². The van der Waals surface area contributed by atoms with Gasteiger partial charge < -0.3 is 36.6 Å². The lowest BCUT2D eigenvalue weighted by Crippen LogP contribution is -2.65. The standard InChI is InChI=1S/C30H31N3O9/c1-33(2)23-18-12-15-11-17-16(13-4-3-5-14(10-13)29(41)32-8-9-34)6-7-19(35)21(17)24(36)20(15)26(38)30(18,42)27(39)22(25(23)37)28(31)40/h3-7,10,15,18,23,34-36,39,42H,8-9,11-12H2,1-2H3,(H2,31,40)(H,32,41)/t15-,18-,23-,30-/m0/s1. The van der Waals surface area contributed by atoms with E-state index in [1.165, 1.54) is 25.1 Å². The number of amides is 2. The third kappa shape index (κ3) is 4.18. The molecule has 0 saturated heterocycles. The third-order valence-corrected chi connectivity index (χ3v) is 8.44. The van der Waals surface area contributed by atoms with Crippen molar-refractivity contribution < 1.29 is 44.7 Å². The number of aliphatic hydroxyl groups is 4. The SMILES string of the molecule is CN(C)[C@@H]1C(=O)C(C(N)=O)=C(O)[C@@]2(O)C(=O)C3=C(O)c4c(O)ccc(-c5cccc(C(=O)NCCO)c5)c4C[C@H]3C[C@@H]12. The molecule has 2 amide bonds. The minimum Gasteiger partial charge on any atom is -0.508 e. The number of ketones is 2. The number of Topliss-reactive ketones (excluding diaryl/α,β-unsaturated/α-hetero) is 2. The highest BCUT2D eigenvalue weighted by Gasteiger charge is 2.64. The molecule has 2 aromatic carbocycles. The van der Waals surface area contributed by atoms with E-state index in [1.54, 1.807) is 30.3 Å². The fourth-order valence-electron chi connectivity index (χ4n) is 6.61. The summed E-state index contributed by atoms with van der Waals surface area (Å²) in [7, 11) is 3.07. The molecule has 0 radical (unpaired) electrons. The number of primary amides is 1. The third-order valence-electron chi connectivity index (χ3n) is 8.44. The highest BCUT2D eigenvalue weighted by molar-refractivity contribution is 6.24. The number of phenols is 1. The lowest BCUT2D eigenvalue weighted by molar-refractivity contribution is -0.153. The van der Waals surface area contributed by atoms with Crippen LogP contribution in [0.3, 0.4) is 0 Å². The number of carbonyl (C=O) groups excluding carboxylic acids is 4. The van der Waals surface area contributed by atoms with Crippen LogP contribution in [-0.4, -0.2) is 92.7 Å². The summed E-state index contributed by atoms with van der Waals surface area (Å²) in [6.07, 6.45) is 0.0731. The van der Waals surface area contributed by atoms with Gasteiger partial charge >= 0.3 is 0 Å². The predicted octanol–water partition coefficient (Wildman–Crippen LogP) is 0.353. The van der Waals surface area contributed by atoms with Crippen molar-refractivity contribution in [2.24, 2.45) is 17.6 Å². The average Bonchev–Trinajstić information content (AvgIpc) is 2.93. The zero-order valence-corrected chi connectivity index (χ0v) is 22.9. The molecule has 1 fully saturated rings. The molecule has 12 heteroatoms. The molecule has 0 spiro atoms. The summed E-state index contributed by atoms with van der Waals surface area (Å²) in [5.74, 6) is -7.60. The molecule has 0 heterocycles. The Morgan fingerprint density at radius 3 is 2.48 bits per heavy atom. The molecule has 0 unspecified atom stereocenters. The maximum atomic E-state index is 14.0. The van der Waals surface area contributed by atoms with Gasteiger partial charge in [-0.05, 0) is 67.7 Å². The van der Waals surface area contributed by atoms with Crippen molar-refractivity contribution in [3.05, 3.63) is 70.0 Å². The van der Waals surface area contributed by atoms with Crippen molar-refractivity contribution in [2.75, 3.05) is 27.2 Å². The fraction of sp³-hybridized carbons (Fsp3) is 0.333. The number of likely N-dealkylation sites (N-methyl/N-ethyl adjacent to an activating group) is 1. The van der Waals surface area contributed by atoms with Crippen LogP contribution in [0.15, 0.2) is 53.3 Å². The largest absolute Gasteiger partial charge is 0.508 e. The van der Waals surface area contributed by atoms with Gasteiger partial charge in [0.05, 0.1) is 18.2 Å². The van der Waals surface area contributed by atoms with Crippen LogP contribution in [0, 0.1) is 11.8 Å². The molecule has 3 aliphatic carbocycles. The van der Waals surface area contributed by atoms with Crippen LogP contribution in [0.1, 0.15) is 27.9 Å². The van der Waals surface area contributed by atoms with E-state index in [0.717, 1.165) is 0 Å². The van der Waals surface area contributed by atoms with E-state index >= 15 is 0 Å². The quantitative estimate of drug-likeness (QED) is 0.234. The number of nitrogens with two attached hydrogens (primary N) is 1. The van der Waals surface area contributed by atoms with Crippen molar-refractivity contribution in [3.8, 4) is 16.9 Å². The molecular weight excluding hydrogens is 546 g/mol. The Morgan fingerprint density at radius 2 is 1.83 bits per heavy atom. The first-order valence-corrected chi connectivity index (χ1v) is 13.3. The van der Waals surface area contributed by atoms with Crippen molar-refractivity contribution in [1.29, 1.82) is 0 Å². The van der Waals surface area contributed by atoms with Crippen molar-refractivity contribution >= 4 is 29.1 Å². The lowest BCUT2D eigenvalue weighted by Gasteiger charge is -2.50. The van der Waals surface area contributed by atoms with Crippen LogP contribution < -0.4 is 11.1 Å². The molecule has 8 N–H and O–H groups in total. The predicted molar refractivity (Wildman–Crippen MR) is 149 cm³/mol. The Morgan fingerprint density at radius 1 is 1.12 bits per heavy atom. The fourth-order valence-corrected chi connectivity index (χ4v) is 6.61. The van der Waals surface area contributed by atoms with E-state index in [4.69, 9.17) is 10.8 Å². The van der Waals surface area contributed by atoms with E-state index in [0.29, 0.717) is 22.3 Å². The van der Waals surface area contributed by atoms with Crippen molar-refractivity contribution in [1.82, 2.24) is 10.2 Å². The summed E-state index contributed by atoms with van der Waals surface area (Å²) < 4.78 is 0. The average molecular weight is 578 g/mol. The Balaban J connectivity index is 1.67. The molecule has 0 aromatic heterocycles. The molecule has 12 nitrogen and oxygen atoms in total. The Labute approximate surface area is 240 Å². The van der Waals surface area contributed by atoms with Crippen LogP contribution >= 0.6 is 0 Å². The first-order valence-electron chi connectivity index (χ1n) is 13.3. The monoisotopic (exact) mass is 577 g/mol.